The average molecular weight is 801 g/mol. The van der Waals surface area contributed by atoms with Crippen molar-refractivity contribution in [1.82, 2.24) is 19.8 Å². The number of piperazine rings is 1. The molecule has 2 heterocycles. The number of anilines is 3. The molecule has 2 N–H and O–H groups in total. The lowest BCUT2D eigenvalue weighted by molar-refractivity contribution is -0.384. The number of benzene rings is 4. The van der Waals surface area contributed by atoms with Crippen LogP contribution >= 0.6 is 23.5 Å². The van der Waals surface area contributed by atoms with E-state index in [1.165, 1.54) is 28.9 Å². The number of nitro groups is 1. The van der Waals surface area contributed by atoms with Crippen molar-refractivity contribution in [1.29, 1.82) is 0 Å². The molecule has 0 saturated carbocycles. The van der Waals surface area contributed by atoms with E-state index in [-0.39, 0.29) is 28.1 Å². The first-order valence-corrected chi connectivity index (χ1v) is 21.7. The summed E-state index contributed by atoms with van der Waals surface area (Å²) in [5.74, 6) is 0.771. The minimum absolute atomic E-state index is 0.103. The van der Waals surface area contributed by atoms with E-state index in [0.29, 0.717) is 21.9 Å². The van der Waals surface area contributed by atoms with E-state index >= 15 is 0 Å². The van der Waals surface area contributed by atoms with Gasteiger partial charge in [-0.2, -0.15) is 0 Å². The highest BCUT2D eigenvalue weighted by atomic mass is 32.2. The maximum absolute atomic E-state index is 13.7. The van der Waals surface area contributed by atoms with E-state index in [1.807, 2.05) is 74.4 Å². The molecular formula is C40H48N8O4S3. The number of fused-ring (bicyclic) bond motifs is 1. The van der Waals surface area contributed by atoms with Crippen molar-refractivity contribution in [2.24, 2.45) is 0 Å². The molecule has 0 bridgehead atoms. The predicted octanol–water partition coefficient (Wildman–Crippen LogP) is 7.69. The highest BCUT2D eigenvalue weighted by Gasteiger charge is 2.25. The maximum Gasteiger partial charge on any atom is 0.293 e. The summed E-state index contributed by atoms with van der Waals surface area (Å²) in [6, 6.07) is 28.2. The zero-order valence-electron chi connectivity index (χ0n) is 31.6. The summed E-state index contributed by atoms with van der Waals surface area (Å²) in [6.45, 7) is 9.64. The fourth-order valence-electron chi connectivity index (χ4n) is 6.41. The fraction of sp³-hybridized carbons (Fsp3) is 0.350. The smallest absolute Gasteiger partial charge is 0.293 e. The second kappa shape index (κ2) is 18.5. The van der Waals surface area contributed by atoms with Crippen LogP contribution < -0.4 is 14.9 Å². The van der Waals surface area contributed by atoms with Gasteiger partial charge in [0.05, 0.1) is 15.3 Å². The lowest BCUT2D eigenvalue weighted by atomic mass is 10.1. The summed E-state index contributed by atoms with van der Waals surface area (Å²) in [5, 5.41) is 16.7. The number of thioether (sulfide) groups is 2. The molecule has 5 aromatic rings. The van der Waals surface area contributed by atoms with Gasteiger partial charge in [0.25, 0.3) is 15.7 Å². The topological polar surface area (TPSA) is 137 Å². The third-order valence-electron chi connectivity index (χ3n) is 9.27. The molecule has 12 nitrogen and oxygen atoms in total. The van der Waals surface area contributed by atoms with Gasteiger partial charge < -0.3 is 15.1 Å². The molecular weight excluding hydrogens is 753 g/mol. The number of nitro benzene ring substituents is 1. The Morgan fingerprint density at radius 2 is 1.67 bits per heavy atom. The Kier molecular flexibility index (Phi) is 13.5. The first-order chi connectivity index (χ1) is 26.4. The quantitative estimate of drug-likeness (QED) is 0.0542. The minimum atomic E-state index is -4.25. The van der Waals surface area contributed by atoms with Crippen LogP contribution in [0.4, 0.5) is 22.9 Å². The number of nitrogens with one attached hydrogen (secondary N) is 2. The van der Waals surface area contributed by atoms with Crippen LogP contribution in [-0.4, -0.2) is 97.0 Å². The van der Waals surface area contributed by atoms with Gasteiger partial charge in [0.2, 0.25) is 0 Å². The van der Waals surface area contributed by atoms with E-state index in [1.54, 1.807) is 11.8 Å². The Bertz CT molecular complexity index is 2180. The molecule has 6 rings (SSSR count). The number of sulfonamides is 1. The summed E-state index contributed by atoms with van der Waals surface area (Å²) in [7, 11) is -0.288. The van der Waals surface area contributed by atoms with E-state index in [0.717, 1.165) is 62.3 Å². The zero-order valence-corrected chi connectivity index (χ0v) is 34.0. The van der Waals surface area contributed by atoms with Crippen LogP contribution in [0.25, 0.3) is 10.9 Å². The van der Waals surface area contributed by atoms with Crippen molar-refractivity contribution >= 4 is 67.3 Å². The second-order valence-corrected chi connectivity index (χ2v) is 18.5. The summed E-state index contributed by atoms with van der Waals surface area (Å²) in [4.78, 5) is 29.5. The summed E-state index contributed by atoms with van der Waals surface area (Å²) >= 11 is 3.56. The molecule has 1 aromatic heterocycles. The lowest BCUT2D eigenvalue weighted by Gasteiger charge is -2.36. The van der Waals surface area contributed by atoms with Crippen molar-refractivity contribution in [3.05, 3.63) is 113 Å². The molecule has 0 aliphatic carbocycles. The number of nitrogens with zero attached hydrogens (tertiary/aromatic N) is 6. The fourth-order valence-corrected chi connectivity index (χ4v) is 9.41. The molecule has 0 amide bonds. The number of rotatable bonds is 17. The zero-order chi connectivity index (χ0) is 39.0. The van der Waals surface area contributed by atoms with Crippen molar-refractivity contribution in [2.75, 3.05) is 67.5 Å². The third-order valence-corrected chi connectivity index (χ3v) is 12.9. The Labute approximate surface area is 332 Å². The Balaban J connectivity index is 1.14. The van der Waals surface area contributed by atoms with Gasteiger partial charge in [0.15, 0.2) is 5.82 Å². The van der Waals surface area contributed by atoms with Crippen LogP contribution in [0.15, 0.2) is 112 Å². The van der Waals surface area contributed by atoms with Crippen molar-refractivity contribution < 1.29 is 13.3 Å². The van der Waals surface area contributed by atoms with Crippen LogP contribution in [0.3, 0.4) is 0 Å². The number of hydrogen-bond acceptors (Lipinski definition) is 12. The average Bonchev–Trinajstić information content (AvgIpc) is 3.17. The van der Waals surface area contributed by atoms with Crippen molar-refractivity contribution in [3.8, 4) is 0 Å². The number of hydrogen-bond donors (Lipinski definition) is 2. The second-order valence-electron chi connectivity index (χ2n) is 14.1. The standard InChI is InChI=1S/C40H48N8O4S3/c1-29(2)54-39-13-9-8-10-30(39)26-46-20-22-47(23-21-46)32-14-16-35-37(24-32)41-28-42-40(35)44-55(51,52)34-15-17-36(38(25-34)48(49)50)43-31(18-19-45(3)4)27-53-33-11-6-5-7-12-33/h5-17,24-25,28-29,31,43H,18-23,26-27H2,1-4H3,(H,41,42,44). The Morgan fingerprint density at radius 1 is 0.927 bits per heavy atom. The monoisotopic (exact) mass is 800 g/mol. The van der Waals surface area contributed by atoms with Gasteiger partial charge in [-0.15, -0.1) is 23.5 Å². The van der Waals surface area contributed by atoms with Crippen LogP contribution in [-0.2, 0) is 16.6 Å². The van der Waals surface area contributed by atoms with Gasteiger partial charge in [0.1, 0.15) is 12.0 Å². The maximum atomic E-state index is 13.7. The molecule has 290 valence electrons. The predicted molar refractivity (Wildman–Crippen MR) is 226 cm³/mol. The lowest BCUT2D eigenvalue weighted by Crippen LogP contribution is -2.46. The molecule has 1 saturated heterocycles. The molecule has 1 aliphatic rings. The largest absolute Gasteiger partial charge is 0.376 e. The summed E-state index contributed by atoms with van der Waals surface area (Å²) in [5.41, 5.74) is 2.89. The van der Waals surface area contributed by atoms with Gasteiger partial charge in [-0.05, 0) is 81.2 Å². The minimum Gasteiger partial charge on any atom is -0.376 e. The van der Waals surface area contributed by atoms with Gasteiger partial charge in [-0.25, -0.2) is 18.4 Å². The van der Waals surface area contributed by atoms with Gasteiger partial charge in [-0.3, -0.25) is 19.7 Å². The molecule has 55 heavy (non-hydrogen) atoms. The van der Waals surface area contributed by atoms with Gasteiger partial charge in [-0.1, -0.05) is 50.2 Å². The van der Waals surface area contributed by atoms with E-state index < -0.39 is 14.9 Å². The Hall–Kier alpha value is -4.41. The molecule has 4 aromatic carbocycles. The van der Waals surface area contributed by atoms with Crippen LogP contribution in [0.2, 0.25) is 0 Å². The van der Waals surface area contributed by atoms with Gasteiger partial charge >= 0.3 is 0 Å². The van der Waals surface area contributed by atoms with E-state index in [9.17, 15) is 18.5 Å². The summed E-state index contributed by atoms with van der Waals surface area (Å²) < 4.78 is 30.0. The van der Waals surface area contributed by atoms with E-state index in [2.05, 4.69) is 72.8 Å². The first kappa shape index (κ1) is 40.3. The molecule has 1 atom stereocenters. The molecule has 1 aliphatic heterocycles. The third kappa shape index (κ3) is 10.9. The van der Waals surface area contributed by atoms with Crippen molar-refractivity contribution in [2.45, 2.75) is 52.8 Å². The summed E-state index contributed by atoms with van der Waals surface area (Å²) in [6.07, 6.45) is 2.06. The van der Waals surface area contributed by atoms with Gasteiger partial charge in [0, 0.05) is 76.7 Å². The SMILES string of the molecule is CC(C)Sc1ccccc1CN1CCN(c2ccc3c(NS(=O)(=O)c4ccc(NC(CCN(C)C)CSc5ccccc5)c([N+](=O)[O-])c4)ncnc3c2)CC1. The highest BCUT2D eigenvalue weighted by molar-refractivity contribution is 8.00. The van der Waals surface area contributed by atoms with Crippen LogP contribution in [0.1, 0.15) is 25.8 Å². The molecule has 0 spiro atoms. The Morgan fingerprint density at radius 3 is 2.40 bits per heavy atom. The highest BCUT2D eigenvalue weighted by Crippen LogP contribution is 2.33. The number of aromatic nitrogens is 2. The molecule has 1 unspecified atom stereocenters. The van der Waals surface area contributed by atoms with Crippen LogP contribution in [0, 0.1) is 10.1 Å². The molecule has 0 radical (unpaired) electrons. The normalized spacial score (nSPS) is 14.4. The van der Waals surface area contributed by atoms with Crippen LogP contribution in [0.5, 0.6) is 0 Å². The van der Waals surface area contributed by atoms with Crippen molar-refractivity contribution in [3.63, 3.8) is 0 Å². The first-order valence-electron chi connectivity index (χ1n) is 18.3. The molecule has 15 heteroatoms. The molecule has 1 fully saturated rings. The van der Waals surface area contributed by atoms with E-state index in [4.69, 9.17) is 0 Å².